The van der Waals surface area contributed by atoms with E-state index in [1.165, 1.54) is 12.8 Å². The number of nitrogens with zero attached hydrogens (tertiary/aromatic N) is 1. The second kappa shape index (κ2) is 10.6. The van der Waals surface area contributed by atoms with Crippen molar-refractivity contribution in [2.75, 3.05) is 38.7 Å². The molecule has 0 aliphatic carbocycles. The van der Waals surface area contributed by atoms with E-state index in [0.717, 1.165) is 24.4 Å². The molecule has 0 unspecified atom stereocenters. The fraction of sp³-hybridized carbons (Fsp3) is 0.391. The maximum absolute atomic E-state index is 12.4. The van der Waals surface area contributed by atoms with Crippen molar-refractivity contribution in [1.82, 2.24) is 10.2 Å². The average molecular weight is 412 g/mol. The molecule has 0 bridgehead atoms. The summed E-state index contributed by atoms with van der Waals surface area (Å²) in [7, 11) is 1.65. The normalized spacial score (nSPS) is 14.7. The lowest BCUT2D eigenvalue weighted by molar-refractivity contribution is 0.0526. The highest BCUT2D eigenvalue weighted by atomic mass is 16.5. The third-order valence-electron chi connectivity index (χ3n) is 5.19. The van der Waals surface area contributed by atoms with Gasteiger partial charge in [0.15, 0.2) is 0 Å². The molecule has 2 N–H and O–H groups in total. The highest BCUT2D eigenvalue weighted by Gasteiger charge is 2.24. The van der Waals surface area contributed by atoms with Crippen LogP contribution in [0, 0.1) is 0 Å². The predicted octanol–water partition coefficient (Wildman–Crippen LogP) is 3.83. The van der Waals surface area contributed by atoms with E-state index in [1.807, 2.05) is 12.1 Å². The molecule has 0 aromatic heterocycles. The lowest BCUT2D eigenvalue weighted by Gasteiger charge is -2.28. The molecule has 0 saturated carbocycles. The maximum atomic E-state index is 12.4. The molecule has 3 rings (SSSR count). The molecule has 2 amide bonds. The molecule has 2 aromatic carbocycles. The van der Waals surface area contributed by atoms with Crippen LogP contribution < -0.4 is 15.4 Å². The number of likely N-dealkylation sites (tertiary alicyclic amines) is 1. The van der Waals surface area contributed by atoms with Crippen LogP contribution in [0.5, 0.6) is 5.75 Å². The molecule has 2 aromatic rings. The Kier molecular flexibility index (Phi) is 7.68. The Labute approximate surface area is 177 Å². The molecule has 1 fully saturated rings. The standard InChI is InChI=1S/C23H29N3O4/c1-3-30-22(27)18-6-10-19(11-7-18)25-23(28)24-16-21(26-14-4-5-15-26)17-8-12-20(29-2)13-9-17/h6-13,21H,3-5,14-16H2,1-2H3,(H2,24,25,28)/t21-/m1/s1. The predicted molar refractivity (Wildman–Crippen MR) is 116 cm³/mol. The van der Waals surface area contributed by atoms with Crippen molar-refractivity contribution in [2.45, 2.75) is 25.8 Å². The SMILES string of the molecule is CCOC(=O)c1ccc(NC(=O)NC[C@H](c2ccc(OC)cc2)N2CCCC2)cc1. The molecule has 160 valence electrons. The first-order valence-corrected chi connectivity index (χ1v) is 10.3. The summed E-state index contributed by atoms with van der Waals surface area (Å²) in [6, 6.07) is 14.5. The first kappa shape index (κ1) is 21.6. The maximum Gasteiger partial charge on any atom is 0.338 e. The lowest BCUT2D eigenvalue weighted by Crippen LogP contribution is -2.38. The minimum Gasteiger partial charge on any atom is -0.497 e. The third-order valence-corrected chi connectivity index (χ3v) is 5.19. The number of esters is 1. The van der Waals surface area contributed by atoms with Gasteiger partial charge in [-0.05, 0) is 74.8 Å². The molecule has 1 saturated heterocycles. The molecule has 7 nitrogen and oxygen atoms in total. The molecule has 1 heterocycles. The quantitative estimate of drug-likeness (QED) is 0.646. The molecule has 7 heteroatoms. The number of methoxy groups -OCH3 is 1. The zero-order chi connectivity index (χ0) is 21.3. The van der Waals surface area contributed by atoms with Gasteiger partial charge in [-0.1, -0.05) is 12.1 Å². The van der Waals surface area contributed by atoms with Crippen molar-refractivity contribution < 1.29 is 19.1 Å². The Hall–Kier alpha value is -3.06. The number of hydrogen-bond acceptors (Lipinski definition) is 5. The van der Waals surface area contributed by atoms with Gasteiger partial charge in [0.2, 0.25) is 0 Å². The molecule has 30 heavy (non-hydrogen) atoms. The number of benzene rings is 2. The number of nitrogens with one attached hydrogen (secondary N) is 2. The summed E-state index contributed by atoms with van der Waals surface area (Å²) in [4.78, 5) is 26.6. The smallest absolute Gasteiger partial charge is 0.338 e. The average Bonchev–Trinajstić information content (AvgIpc) is 3.29. The van der Waals surface area contributed by atoms with Crippen molar-refractivity contribution in [3.05, 3.63) is 59.7 Å². The van der Waals surface area contributed by atoms with Crippen molar-refractivity contribution >= 4 is 17.7 Å². The van der Waals surface area contributed by atoms with E-state index in [-0.39, 0.29) is 18.0 Å². The van der Waals surface area contributed by atoms with Crippen LogP contribution >= 0.6 is 0 Å². The Bertz CT molecular complexity index is 831. The number of ether oxygens (including phenoxy) is 2. The van der Waals surface area contributed by atoms with Crippen LogP contribution in [0.4, 0.5) is 10.5 Å². The largest absolute Gasteiger partial charge is 0.497 e. The second-order valence-electron chi connectivity index (χ2n) is 7.16. The summed E-state index contributed by atoms with van der Waals surface area (Å²) in [6.45, 7) is 4.64. The summed E-state index contributed by atoms with van der Waals surface area (Å²) in [5.41, 5.74) is 2.22. The van der Waals surface area contributed by atoms with Crippen molar-refractivity contribution in [2.24, 2.45) is 0 Å². The lowest BCUT2D eigenvalue weighted by atomic mass is 10.1. The van der Waals surface area contributed by atoms with Gasteiger partial charge in [-0.2, -0.15) is 0 Å². The number of urea groups is 1. The zero-order valence-corrected chi connectivity index (χ0v) is 17.5. The molecule has 0 radical (unpaired) electrons. The number of rotatable bonds is 8. The van der Waals surface area contributed by atoms with Crippen LogP contribution in [0.2, 0.25) is 0 Å². The number of carbonyl (C=O) groups is 2. The molecular weight excluding hydrogens is 382 g/mol. The van der Waals surface area contributed by atoms with Gasteiger partial charge >= 0.3 is 12.0 Å². The van der Waals surface area contributed by atoms with Crippen LogP contribution in [0.15, 0.2) is 48.5 Å². The van der Waals surface area contributed by atoms with Crippen molar-refractivity contribution in [1.29, 1.82) is 0 Å². The van der Waals surface area contributed by atoms with Crippen LogP contribution in [-0.4, -0.2) is 50.3 Å². The summed E-state index contributed by atoms with van der Waals surface area (Å²) >= 11 is 0. The fourth-order valence-electron chi connectivity index (χ4n) is 3.61. The number of anilines is 1. The molecular formula is C23H29N3O4. The van der Waals surface area contributed by atoms with Gasteiger partial charge in [0.1, 0.15) is 5.75 Å². The van der Waals surface area contributed by atoms with Gasteiger partial charge in [0, 0.05) is 12.2 Å². The van der Waals surface area contributed by atoms with E-state index in [2.05, 4.69) is 27.7 Å². The van der Waals surface area contributed by atoms with Gasteiger partial charge < -0.3 is 20.1 Å². The van der Waals surface area contributed by atoms with Gasteiger partial charge in [-0.3, -0.25) is 4.90 Å². The van der Waals surface area contributed by atoms with E-state index in [9.17, 15) is 9.59 Å². The summed E-state index contributed by atoms with van der Waals surface area (Å²) < 4.78 is 10.2. The zero-order valence-electron chi connectivity index (χ0n) is 17.5. The van der Waals surface area contributed by atoms with E-state index >= 15 is 0 Å². The Morgan fingerprint density at radius 1 is 1.03 bits per heavy atom. The Morgan fingerprint density at radius 2 is 1.70 bits per heavy atom. The molecule has 0 spiro atoms. The Balaban J connectivity index is 1.59. The molecule has 1 aliphatic rings. The summed E-state index contributed by atoms with van der Waals surface area (Å²) in [5.74, 6) is 0.442. The van der Waals surface area contributed by atoms with E-state index < -0.39 is 0 Å². The number of amides is 2. The van der Waals surface area contributed by atoms with Crippen LogP contribution in [0.3, 0.4) is 0 Å². The fourth-order valence-corrected chi connectivity index (χ4v) is 3.61. The van der Waals surface area contributed by atoms with Crippen LogP contribution in [-0.2, 0) is 4.74 Å². The summed E-state index contributed by atoms with van der Waals surface area (Å²) in [6.07, 6.45) is 2.34. The first-order chi connectivity index (χ1) is 14.6. The number of hydrogen-bond donors (Lipinski definition) is 2. The highest BCUT2D eigenvalue weighted by molar-refractivity contribution is 5.92. The third kappa shape index (κ3) is 5.73. The van der Waals surface area contributed by atoms with Gasteiger partial charge in [0.05, 0.1) is 25.3 Å². The van der Waals surface area contributed by atoms with E-state index in [0.29, 0.717) is 24.4 Å². The number of carbonyl (C=O) groups excluding carboxylic acids is 2. The monoisotopic (exact) mass is 411 g/mol. The van der Waals surface area contributed by atoms with E-state index in [4.69, 9.17) is 9.47 Å². The topological polar surface area (TPSA) is 79.9 Å². The second-order valence-corrected chi connectivity index (χ2v) is 7.16. The van der Waals surface area contributed by atoms with Crippen molar-refractivity contribution in [3.63, 3.8) is 0 Å². The van der Waals surface area contributed by atoms with Gasteiger partial charge in [-0.25, -0.2) is 9.59 Å². The van der Waals surface area contributed by atoms with Crippen LogP contribution in [0.1, 0.15) is 41.7 Å². The van der Waals surface area contributed by atoms with Crippen LogP contribution in [0.25, 0.3) is 0 Å². The minimum atomic E-state index is -0.374. The van der Waals surface area contributed by atoms with E-state index in [1.54, 1.807) is 38.3 Å². The first-order valence-electron chi connectivity index (χ1n) is 10.3. The van der Waals surface area contributed by atoms with Gasteiger partial charge in [0.25, 0.3) is 0 Å². The molecule has 1 aliphatic heterocycles. The highest BCUT2D eigenvalue weighted by Crippen LogP contribution is 2.26. The Morgan fingerprint density at radius 3 is 2.30 bits per heavy atom. The summed E-state index contributed by atoms with van der Waals surface area (Å²) in [5, 5.41) is 5.79. The van der Waals surface area contributed by atoms with Gasteiger partial charge in [-0.15, -0.1) is 0 Å². The van der Waals surface area contributed by atoms with Crippen molar-refractivity contribution in [3.8, 4) is 5.75 Å². The molecule has 1 atom stereocenters. The minimum absolute atomic E-state index is 0.107.